The van der Waals surface area contributed by atoms with Crippen molar-refractivity contribution in [2.24, 2.45) is 0 Å². The topological polar surface area (TPSA) is 54.1 Å². The molecule has 0 spiro atoms. The minimum absolute atomic E-state index is 0.215. The molecule has 0 saturated carbocycles. The van der Waals surface area contributed by atoms with Crippen molar-refractivity contribution in [1.82, 2.24) is 10.3 Å². The molecule has 6 heteroatoms. The molecule has 1 aliphatic rings. The van der Waals surface area contributed by atoms with Gasteiger partial charge in [-0.05, 0) is 24.6 Å². The van der Waals surface area contributed by atoms with Crippen LogP contribution in [0.15, 0.2) is 12.1 Å². The average Bonchev–Trinajstić information content (AvgIpc) is 2.76. The molecule has 4 nitrogen and oxygen atoms in total. The van der Waals surface area contributed by atoms with Gasteiger partial charge >= 0.3 is 5.97 Å². The SMILES string of the molecule is CCOC(=O)C1Cc2c([nH]c3cc(Cl)c(Cl)cc23)CN1. The summed E-state index contributed by atoms with van der Waals surface area (Å²) >= 11 is 12.1. The van der Waals surface area contributed by atoms with Crippen LogP contribution < -0.4 is 5.32 Å². The molecule has 1 aliphatic heterocycles. The van der Waals surface area contributed by atoms with E-state index in [4.69, 9.17) is 27.9 Å². The quantitative estimate of drug-likeness (QED) is 0.838. The number of carbonyl (C=O) groups is 1. The maximum absolute atomic E-state index is 11.8. The number of hydrogen-bond donors (Lipinski definition) is 2. The highest BCUT2D eigenvalue weighted by Crippen LogP contribution is 2.33. The van der Waals surface area contributed by atoms with Crippen LogP contribution in [0.1, 0.15) is 18.2 Å². The Morgan fingerprint density at radius 2 is 2.15 bits per heavy atom. The molecule has 0 bridgehead atoms. The summed E-state index contributed by atoms with van der Waals surface area (Å²) in [6, 6.07) is 3.36. The van der Waals surface area contributed by atoms with E-state index < -0.39 is 0 Å². The first-order chi connectivity index (χ1) is 9.60. The molecule has 1 aromatic carbocycles. The fraction of sp³-hybridized carbons (Fsp3) is 0.357. The van der Waals surface area contributed by atoms with Gasteiger partial charge in [0.2, 0.25) is 0 Å². The van der Waals surface area contributed by atoms with Gasteiger partial charge in [-0.1, -0.05) is 23.2 Å². The predicted octanol–water partition coefficient (Wildman–Crippen LogP) is 3.05. The second-order valence-electron chi connectivity index (χ2n) is 4.78. The van der Waals surface area contributed by atoms with E-state index >= 15 is 0 Å². The summed E-state index contributed by atoms with van der Waals surface area (Å²) in [5.74, 6) is -0.215. The van der Waals surface area contributed by atoms with Crippen LogP contribution >= 0.6 is 23.2 Å². The molecule has 20 heavy (non-hydrogen) atoms. The molecule has 2 heterocycles. The first kappa shape index (κ1) is 13.7. The number of ether oxygens (including phenoxy) is 1. The van der Waals surface area contributed by atoms with Crippen LogP contribution in [-0.4, -0.2) is 23.6 Å². The maximum Gasteiger partial charge on any atom is 0.323 e. The lowest BCUT2D eigenvalue weighted by Gasteiger charge is -2.22. The third-order valence-electron chi connectivity index (χ3n) is 3.54. The largest absolute Gasteiger partial charge is 0.465 e. The summed E-state index contributed by atoms with van der Waals surface area (Å²) in [5, 5.41) is 5.24. The number of aromatic amines is 1. The predicted molar refractivity (Wildman–Crippen MR) is 79.3 cm³/mol. The fourth-order valence-electron chi connectivity index (χ4n) is 2.60. The van der Waals surface area contributed by atoms with Gasteiger partial charge in [0, 0.05) is 29.6 Å². The highest BCUT2D eigenvalue weighted by molar-refractivity contribution is 6.42. The fourth-order valence-corrected chi connectivity index (χ4v) is 2.92. The number of rotatable bonds is 2. The molecule has 1 atom stereocenters. The van der Waals surface area contributed by atoms with Crippen molar-refractivity contribution in [2.75, 3.05) is 6.61 Å². The number of esters is 1. The van der Waals surface area contributed by atoms with Gasteiger partial charge in [-0.25, -0.2) is 0 Å². The number of carbonyl (C=O) groups excluding carboxylic acids is 1. The lowest BCUT2D eigenvalue weighted by molar-refractivity contribution is -0.145. The maximum atomic E-state index is 11.8. The molecule has 1 aromatic heterocycles. The molecule has 106 valence electrons. The average molecular weight is 313 g/mol. The van der Waals surface area contributed by atoms with Crippen molar-refractivity contribution >= 4 is 40.1 Å². The molecular formula is C14H14Cl2N2O2. The Balaban J connectivity index is 1.99. The van der Waals surface area contributed by atoms with Crippen LogP contribution in [0.3, 0.4) is 0 Å². The van der Waals surface area contributed by atoms with Gasteiger partial charge < -0.3 is 9.72 Å². The Kier molecular flexibility index (Phi) is 3.63. The van der Waals surface area contributed by atoms with E-state index in [1.54, 1.807) is 6.92 Å². The first-order valence-electron chi connectivity index (χ1n) is 6.48. The van der Waals surface area contributed by atoms with Gasteiger partial charge in [0.1, 0.15) is 6.04 Å². The van der Waals surface area contributed by atoms with E-state index in [1.807, 2.05) is 12.1 Å². The van der Waals surface area contributed by atoms with Gasteiger partial charge in [0.25, 0.3) is 0 Å². The second-order valence-corrected chi connectivity index (χ2v) is 5.60. The van der Waals surface area contributed by atoms with Crippen molar-refractivity contribution in [3.05, 3.63) is 33.4 Å². The van der Waals surface area contributed by atoms with Gasteiger partial charge in [-0.2, -0.15) is 0 Å². The zero-order valence-corrected chi connectivity index (χ0v) is 12.4. The zero-order valence-electron chi connectivity index (χ0n) is 10.9. The van der Waals surface area contributed by atoms with E-state index in [9.17, 15) is 4.79 Å². The summed E-state index contributed by atoms with van der Waals surface area (Å²) in [6.07, 6.45) is 0.589. The van der Waals surface area contributed by atoms with E-state index in [2.05, 4.69) is 10.3 Å². The number of H-pyrrole nitrogens is 1. The van der Waals surface area contributed by atoms with Crippen molar-refractivity contribution in [3.63, 3.8) is 0 Å². The Hall–Kier alpha value is -1.23. The molecule has 2 N–H and O–H groups in total. The van der Waals surface area contributed by atoms with Crippen molar-refractivity contribution in [2.45, 2.75) is 25.9 Å². The third-order valence-corrected chi connectivity index (χ3v) is 4.26. The molecule has 0 saturated heterocycles. The molecule has 1 unspecified atom stereocenters. The van der Waals surface area contributed by atoms with E-state index in [0.717, 1.165) is 22.2 Å². The Bertz CT molecular complexity index is 681. The molecule has 0 fully saturated rings. The summed E-state index contributed by atoms with van der Waals surface area (Å²) in [6.45, 7) is 2.79. The summed E-state index contributed by atoms with van der Waals surface area (Å²) in [7, 11) is 0. The monoisotopic (exact) mass is 312 g/mol. The van der Waals surface area contributed by atoms with Crippen molar-refractivity contribution < 1.29 is 9.53 Å². The highest BCUT2D eigenvalue weighted by Gasteiger charge is 2.28. The lowest BCUT2D eigenvalue weighted by atomic mass is 9.98. The Morgan fingerprint density at radius 3 is 2.90 bits per heavy atom. The number of benzene rings is 1. The molecule has 0 amide bonds. The van der Waals surface area contributed by atoms with Crippen LogP contribution in [0.5, 0.6) is 0 Å². The number of halogens is 2. The smallest absolute Gasteiger partial charge is 0.323 e. The van der Waals surface area contributed by atoms with E-state index in [1.165, 1.54) is 0 Å². The second kappa shape index (κ2) is 5.28. The number of fused-ring (bicyclic) bond motifs is 3. The van der Waals surface area contributed by atoms with Crippen molar-refractivity contribution in [3.8, 4) is 0 Å². The normalized spacial score (nSPS) is 18.1. The Morgan fingerprint density at radius 1 is 1.40 bits per heavy atom. The van der Waals surface area contributed by atoms with Gasteiger partial charge in [-0.3, -0.25) is 10.1 Å². The van der Waals surface area contributed by atoms with Gasteiger partial charge in [0.05, 0.1) is 16.7 Å². The van der Waals surface area contributed by atoms with Crippen LogP contribution in [0.25, 0.3) is 10.9 Å². The number of aromatic nitrogens is 1. The Labute approximate surface area is 126 Å². The molecule has 0 aliphatic carbocycles. The van der Waals surface area contributed by atoms with Crippen molar-refractivity contribution in [1.29, 1.82) is 0 Å². The third kappa shape index (κ3) is 2.28. The van der Waals surface area contributed by atoms with Crippen LogP contribution in [0, 0.1) is 0 Å². The number of hydrogen-bond acceptors (Lipinski definition) is 3. The van der Waals surface area contributed by atoms with Crippen LogP contribution in [0.4, 0.5) is 0 Å². The van der Waals surface area contributed by atoms with Gasteiger partial charge in [-0.15, -0.1) is 0 Å². The summed E-state index contributed by atoms with van der Waals surface area (Å²) in [5.41, 5.74) is 3.12. The molecular weight excluding hydrogens is 299 g/mol. The minimum Gasteiger partial charge on any atom is -0.465 e. The summed E-state index contributed by atoms with van der Waals surface area (Å²) in [4.78, 5) is 15.2. The zero-order chi connectivity index (χ0) is 14.3. The van der Waals surface area contributed by atoms with Crippen LogP contribution in [-0.2, 0) is 22.5 Å². The highest BCUT2D eigenvalue weighted by atomic mass is 35.5. The van der Waals surface area contributed by atoms with Crippen LogP contribution in [0.2, 0.25) is 10.0 Å². The number of nitrogens with one attached hydrogen (secondary N) is 2. The molecule has 2 aromatic rings. The standard InChI is InChI=1S/C14H14Cl2N2O2/c1-2-20-14(19)12-4-8-7-3-9(15)10(16)5-11(7)18-13(8)6-17-12/h3,5,12,17-18H,2,4,6H2,1H3. The van der Waals surface area contributed by atoms with Gasteiger partial charge in [0.15, 0.2) is 0 Å². The van der Waals surface area contributed by atoms with E-state index in [0.29, 0.717) is 29.6 Å². The molecule has 3 rings (SSSR count). The first-order valence-corrected chi connectivity index (χ1v) is 7.24. The molecule has 0 radical (unpaired) electrons. The van der Waals surface area contributed by atoms with E-state index in [-0.39, 0.29) is 12.0 Å². The lowest BCUT2D eigenvalue weighted by Crippen LogP contribution is -2.42. The summed E-state index contributed by atoms with van der Waals surface area (Å²) < 4.78 is 5.07. The minimum atomic E-state index is -0.309.